The number of aryl methyl sites for hydroxylation is 1. The molecule has 6 heteroatoms. The van der Waals surface area contributed by atoms with Gasteiger partial charge in [0.05, 0.1) is 12.3 Å². The molecule has 6 nitrogen and oxygen atoms in total. The zero-order valence-electron chi connectivity index (χ0n) is 10.6. The van der Waals surface area contributed by atoms with Gasteiger partial charge in [0.1, 0.15) is 0 Å². The third-order valence-electron chi connectivity index (χ3n) is 3.10. The Hall–Kier alpha value is -1.40. The number of hydrogen-bond donors (Lipinski definition) is 2. The minimum absolute atomic E-state index is 0.0500. The van der Waals surface area contributed by atoms with Crippen LogP contribution >= 0.6 is 0 Å². The van der Waals surface area contributed by atoms with Crippen molar-refractivity contribution in [2.75, 3.05) is 26.2 Å². The van der Waals surface area contributed by atoms with E-state index in [9.17, 15) is 4.79 Å². The maximum absolute atomic E-state index is 12.2. The van der Waals surface area contributed by atoms with Gasteiger partial charge in [-0.3, -0.25) is 4.79 Å². The number of aliphatic hydroxyl groups is 1. The van der Waals surface area contributed by atoms with E-state index in [1.807, 2.05) is 0 Å². The summed E-state index contributed by atoms with van der Waals surface area (Å²) in [4.78, 5) is 13.8. The zero-order chi connectivity index (χ0) is 13.0. The summed E-state index contributed by atoms with van der Waals surface area (Å²) in [6.45, 7) is 3.63. The summed E-state index contributed by atoms with van der Waals surface area (Å²) in [5.74, 6) is 0.0253. The number of carbonyl (C=O) groups is 1. The molecular weight excluding hydrogens is 234 g/mol. The largest absolute Gasteiger partial charge is 0.395 e. The number of aromatic nitrogens is 1. The molecule has 1 aliphatic rings. The Morgan fingerprint density at radius 3 is 3.11 bits per heavy atom. The first-order chi connectivity index (χ1) is 8.70. The van der Waals surface area contributed by atoms with Gasteiger partial charge in [0.25, 0.3) is 5.91 Å². The summed E-state index contributed by atoms with van der Waals surface area (Å²) in [6, 6.07) is 1.93. The second-order valence-electron chi connectivity index (χ2n) is 4.60. The molecule has 1 aromatic heterocycles. The minimum atomic E-state index is -0.210. The number of nitrogens with zero attached hydrogens (tertiary/aromatic N) is 2. The molecular formula is C12H19N3O3. The number of hydrogen-bond acceptors (Lipinski definition) is 5. The second-order valence-corrected chi connectivity index (χ2v) is 4.60. The van der Waals surface area contributed by atoms with E-state index in [2.05, 4.69) is 10.5 Å². The fourth-order valence-corrected chi connectivity index (χ4v) is 2.20. The molecule has 2 rings (SSSR count). The Balaban J connectivity index is 2.01. The van der Waals surface area contributed by atoms with E-state index in [1.54, 1.807) is 17.9 Å². The lowest BCUT2D eigenvalue weighted by Crippen LogP contribution is -2.42. The van der Waals surface area contributed by atoms with Crippen LogP contribution in [0, 0.1) is 6.92 Å². The Kier molecular flexibility index (Phi) is 4.33. The van der Waals surface area contributed by atoms with Crippen LogP contribution in [0.4, 0.5) is 0 Å². The summed E-state index contributed by atoms with van der Waals surface area (Å²) >= 11 is 0. The van der Waals surface area contributed by atoms with Crippen molar-refractivity contribution < 1.29 is 14.4 Å². The lowest BCUT2D eigenvalue weighted by molar-refractivity contribution is 0.0665. The van der Waals surface area contributed by atoms with Gasteiger partial charge in [-0.05, 0) is 26.3 Å². The van der Waals surface area contributed by atoms with Crippen LogP contribution in [0.2, 0.25) is 0 Å². The molecule has 1 fully saturated rings. The second kappa shape index (κ2) is 5.97. The molecule has 0 bridgehead atoms. The Morgan fingerprint density at radius 2 is 2.56 bits per heavy atom. The third kappa shape index (κ3) is 3.08. The maximum atomic E-state index is 12.2. The molecule has 100 valence electrons. The number of amides is 1. The normalized spacial score (nSPS) is 19.1. The monoisotopic (exact) mass is 253 g/mol. The molecule has 0 saturated carbocycles. The lowest BCUT2D eigenvalue weighted by atomic mass is 10.2. The molecule has 1 saturated heterocycles. The number of aliphatic hydroxyl groups excluding tert-OH is 1. The molecule has 1 unspecified atom stereocenters. The van der Waals surface area contributed by atoms with Gasteiger partial charge in [-0.2, -0.15) is 0 Å². The van der Waals surface area contributed by atoms with Gasteiger partial charge < -0.3 is 19.8 Å². The van der Waals surface area contributed by atoms with Crippen molar-refractivity contribution in [3.8, 4) is 0 Å². The fraction of sp³-hybridized carbons (Fsp3) is 0.667. The molecule has 0 aliphatic carbocycles. The quantitative estimate of drug-likeness (QED) is 0.782. The third-order valence-corrected chi connectivity index (χ3v) is 3.10. The van der Waals surface area contributed by atoms with Gasteiger partial charge in [-0.15, -0.1) is 0 Å². The molecule has 0 aromatic carbocycles. The van der Waals surface area contributed by atoms with E-state index in [1.165, 1.54) is 0 Å². The predicted octanol–water partition coefficient (Wildman–Crippen LogP) is 0.170. The van der Waals surface area contributed by atoms with Crippen LogP contribution < -0.4 is 5.32 Å². The molecule has 1 amide bonds. The summed E-state index contributed by atoms with van der Waals surface area (Å²) in [5, 5.41) is 16.1. The average Bonchev–Trinajstić information content (AvgIpc) is 2.99. The fourth-order valence-electron chi connectivity index (χ4n) is 2.20. The van der Waals surface area contributed by atoms with Gasteiger partial charge in [0.15, 0.2) is 0 Å². The van der Waals surface area contributed by atoms with E-state index in [0.717, 1.165) is 19.4 Å². The van der Waals surface area contributed by atoms with Crippen molar-refractivity contribution in [2.24, 2.45) is 0 Å². The molecule has 0 radical (unpaired) electrons. The van der Waals surface area contributed by atoms with Crippen LogP contribution in [0.25, 0.3) is 0 Å². The topological polar surface area (TPSA) is 78.6 Å². The molecule has 0 spiro atoms. The van der Waals surface area contributed by atoms with E-state index >= 15 is 0 Å². The first-order valence-electron chi connectivity index (χ1n) is 6.27. The Labute approximate surface area is 106 Å². The van der Waals surface area contributed by atoms with Gasteiger partial charge >= 0.3 is 0 Å². The molecule has 18 heavy (non-hydrogen) atoms. The van der Waals surface area contributed by atoms with Crippen molar-refractivity contribution in [1.82, 2.24) is 15.4 Å². The van der Waals surface area contributed by atoms with E-state index in [-0.39, 0.29) is 18.3 Å². The molecule has 1 atom stereocenters. The molecule has 1 aromatic rings. The van der Waals surface area contributed by atoms with E-state index < -0.39 is 0 Å². The SMILES string of the molecule is Cc1cc(C(=O)N(CCO)CC2CCCN2)on1. The first-order valence-corrected chi connectivity index (χ1v) is 6.27. The Morgan fingerprint density at radius 1 is 1.72 bits per heavy atom. The van der Waals surface area contributed by atoms with Gasteiger partial charge in [-0.1, -0.05) is 5.16 Å². The summed E-state index contributed by atoms with van der Waals surface area (Å²) < 4.78 is 4.97. The summed E-state index contributed by atoms with van der Waals surface area (Å²) in [5.41, 5.74) is 0.682. The highest BCUT2D eigenvalue weighted by atomic mass is 16.5. The summed E-state index contributed by atoms with van der Waals surface area (Å²) in [6.07, 6.45) is 2.19. The average molecular weight is 253 g/mol. The smallest absolute Gasteiger partial charge is 0.292 e. The van der Waals surface area contributed by atoms with Crippen LogP contribution in [0.15, 0.2) is 10.6 Å². The summed E-state index contributed by atoms with van der Waals surface area (Å²) in [7, 11) is 0. The van der Waals surface area contributed by atoms with Gasteiger partial charge in [0.2, 0.25) is 5.76 Å². The number of carbonyl (C=O) groups excluding carboxylic acids is 1. The van der Waals surface area contributed by atoms with Crippen LogP contribution in [0.5, 0.6) is 0 Å². The van der Waals surface area contributed by atoms with Crippen LogP contribution in [0.1, 0.15) is 29.1 Å². The molecule has 2 heterocycles. The van der Waals surface area contributed by atoms with Gasteiger partial charge in [0, 0.05) is 25.2 Å². The van der Waals surface area contributed by atoms with E-state index in [0.29, 0.717) is 24.8 Å². The molecule has 2 N–H and O–H groups in total. The van der Waals surface area contributed by atoms with Gasteiger partial charge in [-0.25, -0.2) is 0 Å². The van der Waals surface area contributed by atoms with Crippen molar-refractivity contribution >= 4 is 5.91 Å². The number of rotatable bonds is 5. The van der Waals surface area contributed by atoms with Crippen LogP contribution in [-0.2, 0) is 0 Å². The van der Waals surface area contributed by atoms with Crippen molar-refractivity contribution in [3.63, 3.8) is 0 Å². The number of nitrogens with one attached hydrogen (secondary N) is 1. The highest BCUT2D eigenvalue weighted by Crippen LogP contribution is 2.11. The Bertz CT molecular complexity index is 399. The van der Waals surface area contributed by atoms with Crippen LogP contribution in [0.3, 0.4) is 0 Å². The van der Waals surface area contributed by atoms with Crippen molar-refractivity contribution in [2.45, 2.75) is 25.8 Å². The van der Waals surface area contributed by atoms with Crippen molar-refractivity contribution in [1.29, 1.82) is 0 Å². The molecule has 1 aliphatic heterocycles. The van der Waals surface area contributed by atoms with Crippen LogP contribution in [-0.4, -0.2) is 53.4 Å². The maximum Gasteiger partial charge on any atom is 0.292 e. The highest BCUT2D eigenvalue weighted by Gasteiger charge is 2.24. The first kappa shape index (κ1) is 13.0. The predicted molar refractivity (Wildman–Crippen MR) is 65.3 cm³/mol. The minimum Gasteiger partial charge on any atom is -0.395 e. The highest BCUT2D eigenvalue weighted by molar-refractivity contribution is 5.91. The standard InChI is InChI=1S/C12H19N3O3/c1-9-7-11(18-14-9)12(17)15(5-6-16)8-10-3-2-4-13-10/h7,10,13,16H,2-6,8H2,1H3. The zero-order valence-corrected chi connectivity index (χ0v) is 10.6. The lowest BCUT2D eigenvalue weighted by Gasteiger charge is -2.23. The van der Waals surface area contributed by atoms with E-state index in [4.69, 9.17) is 9.63 Å². The van der Waals surface area contributed by atoms with Crippen molar-refractivity contribution in [3.05, 3.63) is 17.5 Å².